The number of rotatable bonds is 5. The van der Waals surface area contributed by atoms with Crippen molar-refractivity contribution in [3.05, 3.63) is 66.5 Å². The van der Waals surface area contributed by atoms with Crippen molar-refractivity contribution in [1.29, 1.82) is 0 Å². The van der Waals surface area contributed by atoms with Gasteiger partial charge in [-0.3, -0.25) is 0 Å². The Morgan fingerprint density at radius 3 is 2.04 bits per heavy atom. The maximum Gasteiger partial charge on any atom is 0.336 e. The second-order valence-corrected chi connectivity index (χ2v) is 4.28. The van der Waals surface area contributed by atoms with E-state index in [1.54, 1.807) is 24.3 Å². The average molecular weight is 316 g/mol. The number of carbonyl (C=O) groups excluding carboxylic acids is 2. The van der Waals surface area contributed by atoms with E-state index >= 15 is 0 Å². The predicted octanol–water partition coefficient (Wildman–Crippen LogP) is 2.90. The number of hydrogen-bond donors (Lipinski definition) is 0. The number of methoxy groups -OCH3 is 1. The molecule has 0 atom stereocenters. The van der Waals surface area contributed by atoms with Gasteiger partial charge in [0.05, 0.1) is 7.11 Å². The van der Waals surface area contributed by atoms with Crippen LogP contribution in [0.3, 0.4) is 0 Å². The van der Waals surface area contributed by atoms with Crippen molar-refractivity contribution in [3.8, 4) is 17.2 Å². The lowest BCUT2D eigenvalue weighted by Crippen LogP contribution is -2.09. The number of hydrogen-bond acceptors (Lipinski definition) is 5. The summed E-state index contributed by atoms with van der Waals surface area (Å²) in [5.41, 5.74) is 0. The molecule has 0 aliphatic rings. The zero-order valence-electron chi connectivity index (χ0n) is 12.2. The lowest BCUT2D eigenvalue weighted by Gasteiger charge is -2.03. The van der Waals surface area contributed by atoms with Gasteiger partial charge in [0.1, 0.15) is 11.5 Å². The van der Waals surface area contributed by atoms with Crippen LogP contribution in [0.15, 0.2) is 60.7 Å². The summed E-state index contributed by atoms with van der Waals surface area (Å²) in [6.45, 7) is 0. The lowest BCUT2D eigenvalue weighted by molar-refractivity contribution is -0.131. The first-order valence-electron chi connectivity index (χ1n) is 6.59. The van der Waals surface area contributed by atoms with Crippen LogP contribution in [0.25, 0.3) is 0 Å². The second-order valence-electron chi connectivity index (χ2n) is 4.28. The fraction of sp³-hybridized carbons (Fsp3) is 0.0588. The molecule has 0 saturated heterocycles. The molecule has 0 spiro atoms. The topological polar surface area (TPSA) is 61.8 Å². The Hall–Kier alpha value is -3.15. The van der Waals surface area contributed by atoms with E-state index in [4.69, 9.17) is 14.2 Å². The minimum atomic E-state index is -0.887. The molecule has 6 heteroatoms. The van der Waals surface area contributed by atoms with Crippen molar-refractivity contribution in [3.63, 3.8) is 0 Å². The molecule has 5 nitrogen and oxygen atoms in total. The molecule has 0 amide bonds. The number of halogens is 1. The summed E-state index contributed by atoms with van der Waals surface area (Å²) in [5, 5.41) is 0. The van der Waals surface area contributed by atoms with E-state index in [1.165, 1.54) is 25.3 Å². The van der Waals surface area contributed by atoms with Crippen LogP contribution in [0.2, 0.25) is 0 Å². The van der Waals surface area contributed by atoms with Gasteiger partial charge in [-0.1, -0.05) is 12.1 Å². The molecule has 2 aromatic rings. The van der Waals surface area contributed by atoms with E-state index < -0.39 is 17.8 Å². The van der Waals surface area contributed by atoms with Crippen molar-refractivity contribution >= 4 is 11.9 Å². The molecule has 0 unspecified atom stereocenters. The van der Waals surface area contributed by atoms with Gasteiger partial charge in [0, 0.05) is 12.2 Å². The summed E-state index contributed by atoms with van der Waals surface area (Å²) in [5.74, 6) is -1.63. The first-order chi connectivity index (χ1) is 11.1. The molecular weight excluding hydrogens is 303 g/mol. The second kappa shape index (κ2) is 7.74. The van der Waals surface area contributed by atoms with E-state index in [9.17, 15) is 14.0 Å². The Balaban J connectivity index is 1.89. The summed E-state index contributed by atoms with van der Waals surface area (Å²) in [6, 6.07) is 11.8. The Morgan fingerprint density at radius 1 is 0.870 bits per heavy atom. The molecule has 0 fully saturated rings. The molecule has 0 aliphatic heterocycles. The third-order valence-electron chi connectivity index (χ3n) is 2.68. The zero-order valence-corrected chi connectivity index (χ0v) is 12.2. The van der Waals surface area contributed by atoms with Crippen LogP contribution in [0.4, 0.5) is 4.39 Å². The van der Waals surface area contributed by atoms with E-state index in [-0.39, 0.29) is 5.75 Å². The molecule has 0 saturated carbocycles. The van der Waals surface area contributed by atoms with Gasteiger partial charge in [-0.05, 0) is 36.4 Å². The molecule has 0 N–H and O–H groups in total. The number of esters is 2. The molecular formula is C17H13FO5. The van der Waals surface area contributed by atoms with E-state index in [2.05, 4.69) is 0 Å². The van der Waals surface area contributed by atoms with E-state index in [0.29, 0.717) is 11.5 Å². The molecule has 0 radical (unpaired) electrons. The smallest absolute Gasteiger partial charge is 0.336 e. The van der Waals surface area contributed by atoms with Crippen LogP contribution < -0.4 is 14.2 Å². The van der Waals surface area contributed by atoms with Crippen molar-refractivity contribution < 1.29 is 28.2 Å². The molecule has 2 aromatic carbocycles. The number of carbonyl (C=O) groups is 2. The summed E-state index contributed by atoms with van der Waals surface area (Å²) >= 11 is 0. The monoisotopic (exact) mass is 316 g/mol. The van der Waals surface area contributed by atoms with Crippen LogP contribution in [-0.2, 0) is 9.59 Å². The van der Waals surface area contributed by atoms with Crippen LogP contribution in [0, 0.1) is 5.82 Å². The van der Waals surface area contributed by atoms with Crippen LogP contribution in [0.5, 0.6) is 17.2 Å². The summed E-state index contributed by atoms with van der Waals surface area (Å²) in [4.78, 5) is 23.1. The van der Waals surface area contributed by atoms with Crippen molar-refractivity contribution in [2.75, 3.05) is 7.11 Å². The molecule has 118 valence electrons. The van der Waals surface area contributed by atoms with Gasteiger partial charge in [0.2, 0.25) is 0 Å². The third-order valence-corrected chi connectivity index (χ3v) is 2.68. The fourth-order valence-corrected chi connectivity index (χ4v) is 1.60. The quantitative estimate of drug-likeness (QED) is 0.482. The predicted molar refractivity (Wildman–Crippen MR) is 79.8 cm³/mol. The minimum absolute atomic E-state index is 0.217. The highest BCUT2D eigenvalue weighted by molar-refractivity contribution is 5.93. The van der Waals surface area contributed by atoms with Crippen molar-refractivity contribution in [2.24, 2.45) is 0 Å². The highest BCUT2D eigenvalue weighted by Crippen LogP contribution is 2.17. The Bertz CT molecular complexity index is 722. The molecule has 0 bridgehead atoms. The Labute approximate surface area is 131 Å². The first-order valence-corrected chi connectivity index (χ1v) is 6.59. The van der Waals surface area contributed by atoms with Gasteiger partial charge in [-0.15, -0.1) is 0 Å². The lowest BCUT2D eigenvalue weighted by atomic mass is 10.3. The number of ether oxygens (including phenoxy) is 3. The van der Waals surface area contributed by atoms with Crippen molar-refractivity contribution in [2.45, 2.75) is 0 Å². The van der Waals surface area contributed by atoms with Gasteiger partial charge in [-0.25, -0.2) is 14.0 Å². The van der Waals surface area contributed by atoms with Gasteiger partial charge in [0.25, 0.3) is 0 Å². The van der Waals surface area contributed by atoms with Crippen LogP contribution >= 0.6 is 0 Å². The molecule has 23 heavy (non-hydrogen) atoms. The highest BCUT2D eigenvalue weighted by atomic mass is 19.1. The highest BCUT2D eigenvalue weighted by Gasteiger charge is 2.07. The van der Waals surface area contributed by atoms with Crippen LogP contribution in [0.1, 0.15) is 0 Å². The first kappa shape index (κ1) is 16.2. The maximum atomic E-state index is 13.3. The fourth-order valence-electron chi connectivity index (χ4n) is 1.60. The molecule has 0 heterocycles. The number of para-hydroxylation sites is 1. The molecule has 0 aliphatic carbocycles. The summed E-state index contributed by atoms with van der Waals surface area (Å²) in [6.07, 6.45) is 1.76. The van der Waals surface area contributed by atoms with Gasteiger partial charge in [-0.2, -0.15) is 0 Å². The Kier molecular flexibility index (Phi) is 5.46. The number of benzene rings is 2. The Morgan fingerprint density at radius 2 is 1.43 bits per heavy atom. The average Bonchev–Trinajstić information content (AvgIpc) is 2.56. The standard InChI is InChI=1S/C17H13FO5/c1-21-12-6-8-13(9-7-12)22-16(19)10-11-17(20)23-15-5-3-2-4-14(15)18/h2-11H,1H3/b11-10+. The molecule has 0 aromatic heterocycles. The normalized spacial score (nSPS) is 10.3. The van der Waals surface area contributed by atoms with E-state index in [1.807, 2.05) is 0 Å². The van der Waals surface area contributed by atoms with Crippen LogP contribution in [-0.4, -0.2) is 19.0 Å². The van der Waals surface area contributed by atoms with Gasteiger partial charge < -0.3 is 14.2 Å². The van der Waals surface area contributed by atoms with E-state index in [0.717, 1.165) is 18.2 Å². The van der Waals surface area contributed by atoms with Crippen molar-refractivity contribution in [1.82, 2.24) is 0 Å². The molecule has 2 rings (SSSR count). The minimum Gasteiger partial charge on any atom is -0.497 e. The zero-order chi connectivity index (χ0) is 16.7. The maximum absolute atomic E-state index is 13.3. The third kappa shape index (κ3) is 4.96. The van der Waals surface area contributed by atoms with Gasteiger partial charge in [0.15, 0.2) is 11.6 Å². The SMILES string of the molecule is COc1ccc(OC(=O)/C=C/C(=O)Oc2ccccc2F)cc1. The van der Waals surface area contributed by atoms with Gasteiger partial charge >= 0.3 is 11.9 Å². The summed E-state index contributed by atoms with van der Waals surface area (Å²) in [7, 11) is 1.52. The largest absolute Gasteiger partial charge is 0.497 e. The summed E-state index contributed by atoms with van der Waals surface area (Å²) < 4.78 is 28.0.